The quantitative estimate of drug-likeness (QED) is 0.870. The molecule has 1 saturated heterocycles. The fourth-order valence-corrected chi connectivity index (χ4v) is 2.78. The highest BCUT2D eigenvalue weighted by atomic mass is 16.5. The molecule has 1 fully saturated rings. The summed E-state index contributed by atoms with van der Waals surface area (Å²) in [5.41, 5.74) is 2.17. The highest BCUT2D eigenvalue weighted by molar-refractivity contribution is 5.93. The minimum Gasteiger partial charge on any atom is -0.478 e. The van der Waals surface area contributed by atoms with Crippen LogP contribution in [0.1, 0.15) is 41.4 Å². The van der Waals surface area contributed by atoms with Crippen molar-refractivity contribution < 1.29 is 14.6 Å². The molecule has 5 nitrogen and oxygen atoms in total. The number of fused-ring (bicyclic) bond motifs is 1. The Labute approximate surface area is 112 Å². The first-order valence-corrected chi connectivity index (χ1v) is 6.69. The summed E-state index contributed by atoms with van der Waals surface area (Å²) >= 11 is 0. The lowest BCUT2D eigenvalue weighted by atomic mass is 10.0. The van der Waals surface area contributed by atoms with E-state index < -0.39 is 5.97 Å². The molecule has 0 saturated carbocycles. The van der Waals surface area contributed by atoms with E-state index in [1.165, 1.54) is 0 Å². The molecule has 0 spiro atoms. The van der Waals surface area contributed by atoms with Crippen LogP contribution in [0.4, 0.5) is 5.82 Å². The smallest absolute Gasteiger partial charge is 0.339 e. The van der Waals surface area contributed by atoms with Gasteiger partial charge in [0.05, 0.1) is 12.1 Å². The maximum Gasteiger partial charge on any atom is 0.339 e. The van der Waals surface area contributed by atoms with Crippen molar-refractivity contribution >= 4 is 11.8 Å². The van der Waals surface area contributed by atoms with E-state index in [0.29, 0.717) is 19.0 Å². The largest absolute Gasteiger partial charge is 0.478 e. The summed E-state index contributed by atoms with van der Waals surface area (Å²) in [5.74, 6) is -0.437. The Balaban J connectivity index is 1.97. The highest BCUT2D eigenvalue weighted by Gasteiger charge is 2.32. The number of pyridine rings is 1. The van der Waals surface area contributed by atoms with E-state index >= 15 is 0 Å². The van der Waals surface area contributed by atoms with E-state index in [1.807, 2.05) is 6.92 Å². The molecule has 19 heavy (non-hydrogen) atoms. The van der Waals surface area contributed by atoms with Crippen molar-refractivity contribution in [3.63, 3.8) is 0 Å². The summed E-state index contributed by atoms with van der Waals surface area (Å²) in [4.78, 5) is 15.9. The average Bonchev–Trinajstić information content (AvgIpc) is 2.96. The van der Waals surface area contributed by atoms with E-state index in [2.05, 4.69) is 10.3 Å². The number of aromatic carboxylic acids is 1. The number of nitrogens with zero attached hydrogens (tertiary/aromatic N) is 1. The summed E-state index contributed by atoms with van der Waals surface area (Å²) in [6.45, 7) is 3.34. The summed E-state index contributed by atoms with van der Waals surface area (Å²) < 4.78 is 5.39. The Morgan fingerprint density at radius 2 is 2.37 bits per heavy atom. The minimum atomic E-state index is -0.924. The first-order chi connectivity index (χ1) is 9.07. The molecule has 1 aliphatic heterocycles. The van der Waals surface area contributed by atoms with Crippen LogP contribution in [0.25, 0.3) is 0 Å². The van der Waals surface area contributed by atoms with Gasteiger partial charge in [0.15, 0.2) is 0 Å². The topological polar surface area (TPSA) is 71.5 Å². The molecule has 0 radical (unpaired) electrons. The van der Waals surface area contributed by atoms with Crippen molar-refractivity contribution in [2.75, 3.05) is 18.5 Å². The first kappa shape index (κ1) is 12.4. The van der Waals surface area contributed by atoms with E-state index in [-0.39, 0.29) is 11.1 Å². The zero-order valence-corrected chi connectivity index (χ0v) is 11.0. The minimum absolute atomic E-state index is 0.218. The van der Waals surface area contributed by atoms with Gasteiger partial charge in [0.1, 0.15) is 11.4 Å². The number of carboxylic acids is 1. The zero-order chi connectivity index (χ0) is 13.5. The molecule has 2 heterocycles. The number of ether oxygens (including phenoxy) is 1. The molecule has 1 unspecified atom stereocenters. The van der Waals surface area contributed by atoms with Crippen molar-refractivity contribution in [1.29, 1.82) is 0 Å². The number of hydrogen-bond acceptors (Lipinski definition) is 4. The van der Waals surface area contributed by atoms with Crippen molar-refractivity contribution in [3.05, 3.63) is 22.9 Å². The van der Waals surface area contributed by atoms with Gasteiger partial charge in [0, 0.05) is 12.3 Å². The monoisotopic (exact) mass is 262 g/mol. The second kappa shape index (κ2) is 4.49. The number of carbonyl (C=O) groups is 1. The van der Waals surface area contributed by atoms with Gasteiger partial charge in [0.2, 0.25) is 0 Å². The summed E-state index contributed by atoms with van der Waals surface area (Å²) in [6, 6.07) is 1.78. The van der Waals surface area contributed by atoms with Crippen LogP contribution in [-0.2, 0) is 17.6 Å². The molecular weight excluding hydrogens is 244 g/mol. The van der Waals surface area contributed by atoms with Crippen molar-refractivity contribution in [2.24, 2.45) is 0 Å². The third-order valence-electron chi connectivity index (χ3n) is 3.92. The fraction of sp³-hybridized carbons (Fsp3) is 0.571. The van der Waals surface area contributed by atoms with E-state index in [9.17, 15) is 9.90 Å². The molecule has 1 aromatic heterocycles. The lowest BCUT2D eigenvalue weighted by Crippen LogP contribution is -2.36. The van der Waals surface area contributed by atoms with Crippen LogP contribution in [0.2, 0.25) is 0 Å². The lowest BCUT2D eigenvalue weighted by Gasteiger charge is -2.25. The fourth-order valence-electron chi connectivity index (χ4n) is 2.78. The van der Waals surface area contributed by atoms with Crippen LogP contribution in [0.15, 0.2) is 6.07 Å². The SMILES string of the molecule is CC1(Nc2nc3c(cc2C(=O)O)CCC3)CCOC1. The van der Waals surface area contributed by atoms with Crippen LogP contribution in [0, 0.1) is 0 Å². The average molecular weight is 262 g/mol. The molecule has 5 heteroatoms. The number of aryl methyl sites for hydroxylation is 2. The highest BCUT2D eigenvalue weighted by Crippen LogP contribution is 2.29. The van der Waals surface area contributed by atoms with Gasteiger partial charge in [-0.15, -0.1) is 0 Å². The van der Waals surface area contributed by atoms with Gasteiger partial charge in [-0.2, -0.15) is 0 Å². The van der Waals surface area contributed by atoms with Crippen molar-refractivity contribution in [2.45, 2.75) is 38.1 Å². The van der Waals surface area contributed by atoms with E-state index in [4.69, 9.17) is 4.74 Å². The number of carboxylic acid groups (broad SMARTS) is 1. The Morgan fingerprint density at radius 1 is 1.53 bits per heavy atom. The molecule has 0 aromatic carbocycles. The number of aromatic nitrogens is 1. The Bertz CT molecular complexity index is 522. The second-order valence-electron chi connectivity index (χ2n) is 5.64. The standard InChI is InChI=1S/C14H18N2O3/c1-14(5-6-19-8-14)16-12-10(13(17)18)7-9-3-2-4-11(9)15-12/h7H,2-6,8H2,1H3,(H,15,16)(H,17,18). The maximum absolute atomic E-state index is 11.4. The second-order valence-corrected chi connectivity index (χ2v) is 5.64. The van der Waals surface area contributed by atoms with E-state index in [0.717, 1.165) is 36.9 Å². The lowest BCUT2D eigenvalue weighted by molar-refractivity contribution is 0.0697. The van der Waals surface area contributed by atoms with Crippen LogP contribution in [0.5, 0.6) is 0 Å². The number of nitrogens with one attached hydrogen (secondary N) is 1. The van der Waals surface area contributed by atoms with Gasteiger partial charge in [-0.25, -0.2) is 9.78 Å². The third-order valence-corrected chi connectivity index (χ3v) is 3.92. The molecule has 0 bridgehead atoms. The molecule has 1 atom stereocenters. The van der Waals surface area contributed by atoms with Gasteiger partial charge < -0.3 is 15.2 Å². The van der Waals surface area contributed by atoms with Crippen LogP contribution < -0.4 is 5.32 Å². The molecule has 102 valence electrons. The van der Waals surface area contributed by atoms with Gasteiger partial charge in [-0.05, 0) is 44.2 Å². The summed E-state index contributed by atoms with van der Waals surface area (Å²) in [6.07, 6.45) is 3.80. The van der Waals surface area contributed by atoms with Crippen LogP contribution in [-0.4, -0.2) is 34.8 Å². The molecular formula is C14H18N2O3. The van der Waals surface area contributed by atoms with Gasteiger partial charge in [-0.1, -0.05) is 0 Å². The predicted molar refractivity (Wildman–Crippen MR) is 70.7 cm³/mol. The molecule has 3 rings (SSSR count). The normalized spacial score (nSPS) is 25.3. The summed E-state index contributed by atoms with van der Waals surface area (Å²) in [7, 11) is 0. The summed E-state index contributed by atoms with van der Waals surface area (Å²) in [5, 5.41) is 12.6. The Morgan fingerprint density at radius 3 is 3.05 bits per heavy atom. The molecule has 2 N–H and O–H groups in total. The van der Waals surface area contributed by atoms with Gasteiger partial charge >= 0.3 is 5.97 Å². The number of anilines is 1. The molecule has 0 amide bonds. The number of hydrogen-bond donors (Lipinski definition) is 2. The van der Waals surface area contributed by atoms with Gasteiger partial charge in [0.25, 0.3) is 0 Å². The zero-order valence-electron chi connectivity index (χ0n) is 11.0. The number of rotatable bonds is 3. The van der Waals surface area contributed by atoms with Crippen molar-refractivity contribution in [1.82, 2.24) is 4.98 Å². The molecule has 1 aromatic rings. The van der Waals surface area contributed by atoms with E-state index in [1.54, 1.807) is 6.07 Å². The third kappa shape index (κ3) is 2.30. The van der Waals surface area contributed by atoms with Crippen LogP contribution in [0.3, 0.4) is 0 Å². The maximum atomic E-state index is 11.4. The van der Waals surface area contributed by atoms with Crippen molar-refractivity contribution in [3.8, 4) is 0 Å². The Kier molecular flexibility index (Phi) is 2.93. The first-order valence-electron chi connectivity index (χ1n) is 6.69. The van der Waals surface area contributed by atoms with Gasteiger partial charge in [-0.3, -0.25) is 0 Å². The van der Waals surface area contributed by atoms with Crippen LogP contribution >= 0.6 is 0 Å². The predicted octanol–water partition coefficient (Wildman–Crippen LogP) is 1.86. The Hall–Kier alpha value is -1.62. The molecule has 1 aliphatic carbocycles. The molecule has 2 aliphatic rings.